The van der Waals surface area contributed by atoms with Gasteiger partial charge < -0.3 is 5.11 Å². The van der Waals surface area contributed by atoms with Gasteiger partial charge in [0.25, 0.3) is 0 Å². The van der Waals surface area contributed by atoms with Crippen LogP contribution in [0.3, 0.4) is 0 Å². The van der Waals surface area contributed by atoms with Crippen molar-refractivity contribution in [1.82, 2.24) is 0 Å². The van der Waals surface area contributed by atoms with E-state index in [1.165, 1.54) is 6.92 Å². The zero-order chi connectivity index (χ0) is 10.2. The molecule has 72 valence electrons. The number of phenols is 1. The van der Waals surface area contributed by atoms with Gasteiger partial charge in [-0.05, 0) is 24.5 Å². The van der Waals surface area contributed by atoms with Crippen LogP contribution in [0.1, 0.15) is 30.9 Å². The number of rotatable bonds is 1. The third-order valence-electron chi connectivity index (χ3n) is 2.08. The van der Waals surface area contributed by atoms with Crippen molar-refractivity contribution >= 4 is 0 Å². The standard InChI is InChI=1S/C10H12F2O/c1-5(2)7-4-8(11)6(3)10(13)9(7)12/h4-5,13H,1-3H3. The molecule has 0 aliphatic carbocycles. The molecule has 1 aromatic rings. The highest BCUT2D eigenvalue weighted by atomic mass is 19.1. The Kier molecular flexibility index (Phi) is 2.55. The van der Waals surface area contributed by atoms with Gasteiger partial charge in [0.15, 0.2) is 11.6 Å². The van der Waals surface area contributed by atoms with Crippen LogP contribution in [0.25, 0.3) is 0 Å². The largest absolute Gasteiger partial charge is 0.505 e. The molecule has 0 fully saturated rings. The van der Waals surface area contributed by atoms with Crippen LogP contribution in [0.2, 0.25) is 0 Å². The number of hydrogen-bond acceptors (Lipinski definition) is 1. The van der Waals surface area contributed by atoms with Gasteiger partial charge in [0.05, 0.1) is 0 Å². The van der Waals surface area contributed by atoms with Crippen molar-refractivity contribution in [2.24, 2.45) is 0 Å². The van der Waals surface area contributed by atoms with E-state index in [1.807, 2.05) is 0 Å². The molecular formula is C10H12F2O. The molecule has 3 heteroatoms. The smallest absolute Gasteiger partial charge is 0.168 e. The number of aromatic hydroxyl groups is 1. The van der Waals surface area contributed by atoms with Gasteiger partial charge in [-0.15, -0.1) is 0 Å². The van der Waals surface area contributed by atoms with Crippen molar-refractivity contribution in [3.05, 3.63) is 28.8 Å². The zero-order valence-corrected chi connectivity index (χ0v) is 7.86. The third kappa shape index (κ3) is 1.64. The number of benzene rings is 1. The van der Waals surface area contributed by atoms with Crippen molar-refractivity contribution in [3.63, 3.8) is 0 Å². The van der Waals surface area contributed by atoms with Gasteiger partial charge in [-0.2, -0.15) is 0 Å². The minimum Gasteiger partial charge on any atom is -0.505 e. The maximum absolute atomic E-state index is 13.3. The fourth-order valence-corrected chi connectivity index (χ4v) is 1.14. The van der Waals surface area contributed by atoms with Crippen molar-refractivity contribution in [1.29, 1.82) is 0 Å². The Morgan fingerprint density at radius 1 is 1.31 bits per heavy atom. The predicted octanol–water partition coefficient (Wildman–Crippen LogP) is 3.10. The first-order chi connectivity index (χ1) is 5.95. The first-order valence-electron chi connectivity index (χ1n) is 4.12. The Labute approximate surface area is 76.0 Å². The molecule has 0 spiro atoms. The van der Waals surface area contributed by atoms with E-state index in [-0.39, 0.29) is 17.0 Å². The molecule has 1 rings (SSSR count). The van der Waals surface area contributed by atoms with Crippen LogP contribution in [0.5, 0.6) is 5.75 Å². The molecule has 0 saturated heterocycles. The molecular weight excluding hydrogens is 174 g/mol. The summed E-state index contributed by atoms with van der Waals surface area (Å²) in [5.74, 6) is -2.00. The summed E-state index contributed by atoms with van der Waals surface area (Å²) in [7, 11) is 0. The molecule has 0 unspecified atom stereocenters. The van der Waals surface area contributed by atoms with Gasteiger partial charge in [-0.1, -0.05) is 13.8 Å². The second kappa shape index (κ2) is 3.32. The first kappa shape index (κ1) is 9.96. The first-order valence-corrected chi connectivity index (χ1v) is 4.12. The van der Waals surface area contributed by atoms with Crippen molar-refractivity contribution in [2.75, 3.05) is 0 Å². The fourth-order valence-electron chi connectivity index (χ4n) is 1.14. The van der Waals surface area contributed by atoms with E-state index in [1.54, 1.807) is 13.8 Å². The van der Waals surface area contributed by atoms with Crippen molar-refractivity contribution in [3.8, 4) is 5.75 Å². The molecule has 0 saturated carbocycles. The van der Waals surface area contributed by atoms with Gasteiger partial charge in [0, 0.05) is 5.56 Å². The molecule has 0 aromatic heterocycles. The van der Waals surface area contributed by atoms with Crippen LogP contribution in [0, 0.1) is 18.6 Å². The molecule has 0 radical (unpaired) electrons. The topological polar surface area (TPSA) is 20.2 Å². The number of halogens is 2. The van der Waals surface area contributed by atoms with Crippen LogP contribution < -0.4 is 0 Å². The van der Waals surface area contributed by atoms with Gasteiger partial charge in [-0.3, -0.25) is 0 Å². The SMILES string of the molecule is Cc1c(F)cc(C(C)C)c(F)c1O. The van der Waals surface area contributed by atoms with Crippen LogP contribution in [0.4, 0.5) is 8.78 Å². The van der Waals surface area contributed by atoms with E-state index in [4.69, 9.17) is 0 Å². The molecule has 1 aromatic carbocycles. The lowest BCUT2D eigenvalue weighted by atomic mass is 10.00. The Balaban J connectivity index is 3.41. The highest BCUT2D eigenvalue weighted by molar-refractivity contribution is 5.39. The molecule has 0 bridgehead atoms. The van der Waals surface area contributed by atoms with Gasteiger partial charge in [0.2, 0.25) is 0 Å². The highest BCUT2D eigenvalue weighted by Crippen LogP contribution is 2.30. The van der Waals surface area contributed by atoms with E-state index in [2.05, 4.69) is 0 Å². The van der Waals surface area contributed by atoms with Crippen LogP contribution in [-0.2, 0) is 0 Å². The van der Waals surface area contributed by atoms with Crippen LogP contribution in [-0.4, -0.2) is 5.11 Å². The van der Waals surface area contributed by atoms with E-state index in [9.17, 15) is 13.9 Å². The van der Waals surface area contributed by atoms with E-state index in [0.29, 0.717) is 0 Å². The quantitative estimate of drug-likeness (QED) is 0.714. The fraction of sp³-hybridized carbons (Fsp3) is 0.400. The Morgan fingerprint density at radius 2 is 1.85 bits per heavy atom. The summed E-state index contributed by atoms with van der Waals surface area (Å²) in [5, 5.41) is 9.20. The predicted molar refractivity (Wildman–Crippen MR) is 46.8 cm³/mol. The maximum atomic E-state index is 13.3. The highest BCUT2D eigenvalue weighted by Gasteiger charge is 2.16. The molecule has 0 heterocycles. The number of phenolic OH excluding ortho intramolecular Hbond substituents is 1. The van der Waals surface area contributed by atoms with Crippen LogP contribution >= 0.6 is 0 Å². The second-order valence-corrected chi connectivity index (χ2v) is 3.39. The Morgan fingerprint density at radius 3 is 2.31 bits per heavy atom. The summed E-state index contributed by atoms with van der Waals surface area (Å²) in [6.45, 7) is 4.83. The molecule has 1 nitrogen and oxygen atoms in total. The molecule has 0 aliphatic rings. The minimum absolute atomic E-state index is 0.0399. The monoisotopic (exact) mass is 186 g/mol. The minimum atomic E-state index is -0.714. The molecule has 13 heavy (non-hydrogen) atoms. The molecule has 0 aliphatic heterocycles. The number of hydrogen-bond donors (Lipinski definition) is 1. The van der Waals surface area contributed by atoms with Gasteiger partial charge in [-0.25, -0.2) is 8.78 Å². The summed E-state index contributed by atoms with van der Waals surface area (Å²) in [4.78, 5) is 0. The average Bonchev–Trinajstić information content (AvgIpc) is 2.07. The summed E-state index contributed by atoms with van der Waals surface area (Å²) >= 11 is 0. The maximum Gasteiger partial charge on any atom is 0.168 e. The Hall–Kier alpha value is -1.12. The van der Waals surface area contributed by atoms with E-state index < -0.39 is 17.4 Å². The van der Waals surface area contributed by atoms with Gasteiger partial charge in [0.1, 0.15) is 5.82 Å². The lowest BCUT2D eigenvalue weighted by Gasteiger charge is -2.10. The summed E-state index contributed by atoms with van der Waals surface area (Å²) in [6, 6.07) is 1.13. The Bertz CT molecular complexity index is 332. The summed E-state index contributed by atoms with van der Waals surface area (Å²) < 4.78 is 26.3. The van der Waals surface area contributed by atoms with E-state index in [0.717, 1.165) is 6.07 Å². The summed E-state index contributed by atoms with van der Waals surface area (Å²) in [6.07, 6.45) is 0. The zero-order valence-electron chi connectivity index (χ0n) is 7.86. The molecule has 1 N–H and O–H groups in total. The lowest BCUT2D eigenvalue weighted by molar-refractivity contribution is 0.415. The van der Waals surface area contributed by atoms with Gasteiger partial charge >= 0.3 is 0 Å². The normalized spacial score (nSPS) is 10.9. The van der Waals surface area contributed by atoms with Crippen molar-refractivity contribution < 1.29 is 13.9 Å². The van der Waals surface area contributed by atoms with Crippen LogP contribution in [0.15, 0.2) is 6.07 Å². The molecule has 0 atom stereocenters. The molecule has 0 amide bonds. The van der Waals surface area contributed by atoms with Crippen molar-refractivity contribution in [2.45, 2.75) is 26.7 Å². The summed E-state index contributed by atoms with van der Waals surface area (Å²) in [5.41, 5.74) is 0.169. The lowest BCUT2D eigenvalue weighted by Crippen LogP contribution is -1.97. The van der Waals surface area contributed by atoms with E-state index >= 15 is 0 Å². The second-order valence-electron chi connectivity index (χ2n) is 3.39. The third-order valence-corrected chi connectivity index (χ3v) is 2.08. The average molecular weight is 186 g/mol.